The predicted octanol–water partition coefficient (Wildman–Crippen LogP) is 9.97. The van der Waals surface area contributed by atoms with Crippen LogP contribution in [0.5, 0.6) is 0 Å². The molecular weight excluding hydrogens is 540 g/mol. The first-order valence-corrected chi connectivity index (χ1v) is 14.7. The molecule has 0 fully saturated rings. The van der Waals surface area contributed by atoms with E-state index in [2.05, 4.69) is 125 Å². The van der Waals surface area contributed by atoms with E-state index in [9.17, 15) is 0 Å². The standard InChI is InChI=1S/C39H22N4O/c1-2-8-29-28(7-1)35-30-22-27(18-20-34(30)44-39(35)43-33-10-4-3-9-32(33)42-38(29)43)23-11-13-24(14-12-23)31-19-17-26-16-15-25-6-5-21-40-36(25)37(26)41-31/h1-22H. The molecule has 0 aliphatic heterocycles. The number of fused-ring (bicyclic) bond motifs is 13. The van der Waals surface area contributed by atoms with Crippen LogP contribution in [0.15, 0.2) is 138 Å². The highest BCUT2D eigenvalue weighted by Crippen LogP contribution is 2.40. The van der Waals surface area contributed by atoms with Gasteiger partial charge >= 0.3 is 0 Å². The Morgan fingerprint density at radius 3 is 2.20 bits per heavy atom. The van der Waals surface area contributed by atoms with Crippen LogP contribution in [0.2, 0.25) is 0 Å². The third-order valence-electron chi connectivity index (χ3n) is 8.82. The Morgan fingerprint density at radius 1 is 0.545 bits per heavy atom. The molecule has 0 aliphatic rings. The molecule has 0 amide bonds. The SMILES string of the molecule is c1cnc2c(c1)ccc1ccc(-c3ccc(-c4ccc5oc6c(c5c4)c4ccccc4c4nc5ccccc5n46)cc3)nc12. The van der Waals surface area contributed by atoms with E-state index in [1.807, 2.05) is 18.3 Å². The summed E-state index contributed by atoms with van der Waals surface area (Å²) in [7, 11) is 0. The number of para-hydroxylation sites is 2. The Balaban J connectivity index is 1.13. The summed E-state index contributed by atoms with van der Waals surface area (Å²) in [5.41, 5.74) is 10.7. The highest BCUT2D eigenvalue weighted by Gasteiger charge is 2.19. The van der Waals surface area contributed by atoms with Crippen molar-refractivity contribution in [3.05, 3.63) is 134 Å². The molecule has 10 rings (SSSR count). The van der Waals surface area contributed by atoms with Gasteiger partial charge in [0.15, 0.2) is 0 Å². The van der Waals surface area contributed by atoms with E-state index < -0.39 is 0 Å². The molecule has 0 aliphatic carbocycles. The maximum absolute atomic E-state index is 6.58. The Hall–Kier alpha value is -6.07. The first kappa shape index (κ1) is 23.5. The number of aromatic nitrogens is 4. The summed E-state index contributed by atoms with van der Waals surface area (Å²) in [5, 5.41) is 6.63. The van der Waals surface area contributed by atoms with Gasteiger partial charge in [0.05, 0.1) is 33.1 Å². The lowest BCUT2D eigenvalue weighted by molar-refractivity contribution is 0.650. The number of imidazole rings is 1. The molecular formula is C39H22N4O. The molecule has 0 N–H and O–H groups in total. The van der Waals surface area contributed by atoms with Crippen LogP contribution in [-0.4, -0.2) is 19.4 Å². The molecule has 10 aromatic rings. The molecule has 5 heterocycles. The summed E-state index contributed by atoms with van der Waals surface area (Å²) in [5.74, 6) is 0. The van der Waals surface area contributed by atoms with Crippen LogP contribution in [0.4, 0.5) is 0 Å². The van der Waals surface area contributed by atoms with Crippen LogP contribution in [-0.2, 0) is 0 Å². The van der Waals surface area contributed by atoms with Crippen LogP contribution >= 0.6 is 0 Å². The zero-order valence-corrected chi connectivity index (χ0v) is 23.4. The number of benzene rings is 5. The van der Waals surface area contributed by atoms with Gasteiger partial charge in [0.2, 0.25) is 5.71 Å². The molecule has 0 atom stereocenters. The molecule has 44 heavy (non-hydrogen) atoms. The van der Waals surface area contributed by atoms with Crippen molar-refractivity contribution in [2.75, 3.05) is 0 Å². The van der Waals surface area contributed by atoms with E-state index in [1.54, 1.807) is 0 Å². The number of pyridine rings is 3. The Kier molecular flexibility index (Phi) is 4.66. The Morgan fingerprint density at radius 2 is 1.30 bits per heavy atom. The zero-order valence-electron chi connectivity index (χ0n) is 23.4. The van der Waals surface area contributed by atoms with Crippen LogP contribution in [0.25, 0.3) is 93.7 Å². The van der Waals surface area contributed by atoms with E-state index >= 15 is 0 Å². The second-order valence-electron chi connectivity index (χ2n) is 11.3. The largest absolute Gasteiger partial charge is 0.439 e. The minimum Gasteiger partial charge on any atom is -0.439 e. The number of rotatable bonds is 2. The number of hydrogen-bond donors (Lipinski definition) is 0. The summed E-state index contributed by atoms with van der Waals surface area (Å²) < 4.78 is 8.75. The fraction of sp³-hybridized carbons (Fsp3) is 0. The maximum Gasteiger partial charge on any atom is 0.215 e. The van der Waals surface area contributed by atoms with Crippen LogP contribution in [0.3, 0.4) is 0 Å². The molecule has 5 aromatic carbocycles. The highest BCUT2D eigenvalue weighted by atomic mass is 16.3. The van der Waals surface area contributed by atoms with E-state index in [0.29, 0.717) is 0 Å². The molecule has 5 heteroatoms. The monoisotopic (exact) mass is 562 g/mol. The maximum atomic E-state index is 6.58. The van der Waals surface area contributed by atoms with Crippen molar-refractivity contribution in [2.24, 2.45) is 0 Å². The molecule has 0 saturated carbocycles. The lowest BCUT2D eigenvalue weighted by Gasteiger charge is -2.08. The third kappa shape index (κ3) is 3.26. The fourth-order valence-corrected chi connectivity index (χ4v) is 6.71. The molecule has 0 spiro atoms. The van der Waals surface area contributed by atoms with Crippen molar-refractivity contribution in [3.63, 3.8) is 0 Å². The normalized spacial score (nSPS) is 12.1. The minimum atomic E-state index is 0.819. The first-order chi connectivity index (χ1) is 21.8. The average molecular weight is 563 g/mol. The third-order valence-corrected chi connectivity index (χ3v) is 8.82. The molecule has 0 saturated heterocycles. The van der Waals surface area contributed by atoms with Gasteiger partial charge in [-0.25, -0.2) is 9.97 Å². The Labute approximate surface area is 250 Å². The van der Waals surface area contributed by atoms with Gasteiger partial charge in [-0.05, 0) is 52.9 Å². The van der Waals surface area contributed by atoms with Gasteiger partial charge in [-0.2, -0.15) is 0 Å². The van der Waals surface area contributed by atoms with Gasteiger partial charge in [0, 0.05) is 33.3 Å². The minimum absolute atomic E-state index is 0.819. The van der Waals surface area contributed by atoms with E-state index in [0.717, 1.165) is 93.7 Å². The molecule has 0 radical (unpaired) electrons. The lowest BCUT2D eigenvalue weighted by atomic mass is 9.99. The molecule has 204 valence electrons. The van der Waals surface area contributed by atoms with Crippen molar-refractivity contribution in [3.8, 4) is 22.4 Å². The van der Waals surface area contributed by atoms with Crippen LogP contribution < -0.4 is 0 Å². The van der Waals surface area contributed by atoms with E-state index in [-0.39, 0.29) is 0 Å². The van der Waals surface area contributed by atoms with Gasteiger partial charge in [-0.15, -0.1) is 0 Å². The highest BCUT2D eigenvalue weighted by molar-refractivity contribution is 6.22. The van der Waals surface area contributed by atoms with Gasteiger partial charge < -0.3 is 4.42 Å². The summed E-state index contributed by atoms with van der Waals surface area (Å²) in [4.78, 5) is 14.6. The van der Waals surface area contributed by atoms with Crippen molar-refractivity contribution in [1.29, 1.82) is 0 Å². The second kappa shape index (κ2) is 8.72. The zero-order chi connectivity index (χ0) is 28.8. The quantitative estimate of drug-likeness (QED) is 0.197. The van der Waals surface area contributed by atoms with Crippen LogP contribution in [0.1, 0.15) is 0 Å². The summed E-state index contributed by atoms with van der Waals surface area (Å²) in [6, 6.07) is 44.3. The lowest BCUT2D eigenvalue weighted by Crippen LogP contribution is -1.89. The van der Waals surface area contributed by atoms with Crippen LogP contribution in [0, 0.1) is 0 Å². The predicted molar refractivity (Wildman–Crippen MR) is 179 cm³/mol. The summed E-state index contributed by atoms with van der Waals surface area (Å²) >= 11 is 0. The van der Waals surface area contributed by atoms with Gasteiger partial charge in [-0.1, -0.05) is 91.0 Å². The van der Waals surface area contributed by atoms with Crippen molar-refractivity contribution >= 4 is 71.3 Å². The number of hydrogen-bond acceptors (Lipinski definition) is 4. The Bertz CT molecular complexity index is 2770. The molecule has 0 bridgehead atoms. The average Bonchev–Trinajstić information content (AvgIpc) is 3.67. The van der Waals surface area contributed by atoms with E-state index in [4.69, 9.17) is 14.4 Å². The van der Waals surface area contributed by atoms with Crippen molar-refractivity contribution in [1.82, 2.24) is 19.4 Å². The van der Waals surface area contributed by atoms with Gasteiger partial charge in [-0.3, -0.25) is 9.38 Å². The molecule has 0 unspecified atom stereocenters. The van der Waals surface area contributed by atoms with Gasteiger partial charge in [0.25, 0.3) is 0 Å². The second-order valence-corrected chi connectivity index (χ2v) is 11.3. The topological polar surface area (TPSA) is 56.2 Å². The number of furan rings is 1. The fourth-order valence-electron chi connectivity index (χ4n) is 6.71. The van der Waals surface area contributed by atoms with Crippen molar-refractivity contribution < 1.29 is 4.42 Å². The van der Waals surface area contributed by atoms with Crippen molar-refractivity contribution in [2.45, 2.75) is 0 Å². The van der Waals surface area contributed by atoms with Gasteiger partial charge in [0.1, 0.15) is 11.2 Å². The summed E-state index contributed by atoms with van der Waals surface area (Å²) in [6.45, 7) is 0. The van der Waals surface area contributed by atoms with E-state index in [1.165, 1.54) is 0 Å². The molecule has 5 aromatic heterocycles. The first-order valence-electron chi connectivity index (χ1n) is 14.7. The number of nitrogens with zero attached hydrogens (tertiary/aromatic N) is 4. The smallest absolute Gasteiger partial charge is 0.215 e. The molecule has 5 nitrogen and oxygen atoms in total. The summed E-state index contributed by atoms with van der Waals surface area (Å²) in [6.07, 6.45) is 1.83.